The van der Waals surface area contributed by atoms with Crippen molar-refractivity contribution in [1.82, 2.24) is 19.9 Å². The molecule has 4 rings (SSSR count). The van der Waals surface area contributed by atoms with Crippen molar-refractivity contribution in [2.24, 2.45) is 0 Å². The minimum absolute atomic E-state index is 0.0564. The number of halogens is 1. The van der Waals surface area contributed by atoms with E-state index in [-0.39, 0.29) is 24.3 Å². The second-order valence-corrected chi connectivity index (χ2v) is 7.73. The maximum atomic E-state index is 13.1. The molecule has 1 saturated heterocycles. The first-order chi connectivity index (χ1) is 15.0. The molecule has 0 unspecified atom stereocenters. The van der Waals surface area contributed by atoms with Gasteiger partial charge in [-0.15, -0.1) is 0 Å². The lowest BCUT2D eigenvalue weighted by Crippen LogP contribution is -2.33. The second kappa shape index (κ2) is 9.18. The monoisotopic (exact) mass is 420 g/mol. The molecule has 0 radical (unpaired) electrons. The summed E-state index contributed by atoms with van der Waals surface area (Å²) in [5.74, 6) is 0.731. The summed E-state index contributed by atoms with van der Waals surface area (Å²) in [5, 5.41) is 6.01. The number of amides is 1. The second-order valence-electron chi connectivity index (χ2n) is 7.73. The van der Waals surface area contributed by atoms with Crippen LogP contribution in [0.2, 0.25) is 0 Å². The van der Waals surface area contributed by atoms with Gasteiger partial charge in [0.25, 0.3) is 0 Å². The fourth-order valence-electron chi connectivity index (χ4n) is 3.87. The van der Waals surface area contributed by atoms with Gasteiger partial charge in [-0.1, -0.05) is 6.07 Å². The van der Waals surface area contributed by atoms with Crippen molar-refractivity contribution >= 4 is 23.4 Å². The normalized spacial score (nSPS) is 16.3. The molecule has 3 heterocycles. The lowest BCUT2D eigenvalue weighted by molar-refractivity contribution is -0.117. The SMILES string of the molecule is Cc1cc(C)nc(Nc2cccc([C@@H]3CCCN3CC(=O)Nc3ccc(F)cc3)n2)n1. The number of likely N-dealkylation sites (tertiary alicyclic amines) is 1. The molecule has 0 bridgehead atoms. The Morgan fingerprint density at radius 3 is 2.58 bits per heavy atom. The van der Waals surface area contributed by atoms with Gasteiger partial charge in [-0.3, -0.25) is 9.69 Å². The van der Waals surface area contributed by atoms with Gasteiger partial charge in [-0.05, 0) is 75.7 Å². The lowest BCUT2D eigenvalue weighted by Gasteiger charge is -2.23. The van der Waals surface area contributed by atoms with Crippen LogP contribution in [0.25, 0.3) is 0 Å². The fraction of sp³-hybridized carbons (Fsp3) is 0.304. The quantitative estimate of drug-likeness (QED) is 0.623. The Bertz CT molecular complexity index is 1050. The molecule has 0 saturated carbocycles. The Balaban J connectivity index is 1.43. The van der Waals surface area contributed by atoms with Gasteiger partial charge >= 0.3 is 0 Å². The Morgan fingerprint density at radius 1 is 1.10 bits per heavy atom. The Kier molecular flexibility index (Phi) is 6.18. The predicted molar refractivity (Wildman–Crippen MR) is 118 cm³/mol. The van der Waals surface area contributed by atoms with Crippen LogP contribution in [0, 0.1) is 19.7 Å². The highest BCUT2D eigenvalue weighted by Gasteiger charge is 2.28. The van der Waals surface area contributed by atoms with E-state index in [1.54, 1.807) is 12.1 Å². The van der Waals surface area contributed by atoms with E-state index < -0.39 is 0 Å². The Labute approximate surface area is 180 Å². The third-order valence-electron chi connectivity index (χ3n) is 5.17. The predicted octanol–water partition coefficient (Wildman–Crippen LogP) is 4.15. The molecule has 1 fully saturated rings. The van der Waals surface area contributed by atoms with E-state index in [9.17, 15) is 9.18 Å². The molecule has 2 N–H and O–H groups in total. The van der Waals surface area contributed by atoms with Crippen LogP contribution >= 0.6 is 0 Å². The highest BCUT2D eigenvalue weighted by Crippen LogP contribution is 2.31. The number of hydrogen-bond donors (Lipinski definition) is 2. The largest absolute Gasteiger partial charge is 0.325 e. The van der Waals surface area contributed by atoms with Crippen LogP contribution in [0.3, 0.4) is 0 Å². The van der Waals surface area contributed by atoms with Crippen molar-refractivity contribution in [1.29, 1.82) is 0 Å². The van der Waals surface area contributed by atoms with E-state index in [0.29, 0.717) is 17.5 Å². The minimum atomic E-state index is -0.330. The fourth-order valence-corrected chi connectivity index (χ4v) is 3.87. The third kappa shape index (κ3) is 5.40. The number of nitrogens with zero attached hydrogens (tertiary/aromatic N) is 4. The molecule has 1 atom stereocenters. The van der Waals surface area contributed by atoms with Crippen LogP contribution in [0.1, 0.15) is 36.0 Å². The van der Waals surface area contributed by atoms with Crippen molar-refractivity contribution in [2.75, 3.05) is 23.7 Å². The first-order valence-corrected chi connectivity index (χ1v) is 10.3. The van der Waals surface area contributed by atoms with Gasteiger partial charge in [0.2, 0.25) is 11.9 Å². The number of nitrogens with one attached hydrogen (secondary N) is 2. The number of carbonyl (C=O) groups excluding carboxylic acids is 1. The van der Waals surface area contributed by atoms with Crippen LogP contribution in [-0.2, 0) is 4.79 Å². The minimum Gasteiger partial charge on any atom is -0.325 e. The molecule has 0 spiro atoms. The summed E-state index contributed by atoms with van der Waals surface area (Å²) in [5.41, 5.74) is 3.27. The van der Waals surface area contributed by atoms with Gasteiger partial charge < -0.3 is 10.6 Å². The summed E-state index contributed by atoms with van der Waals surface area (Å²) in [6.07, 6.45) is 1.92. The lowest BCUT2D eigenvalue weighted by atomic mass is 10.1. The summed E-state index contributed by atoms with van der Waals surface area (Å²) in [6.45, 7) is 4.93. The van der Waals surface area contributed by atoms with Crippen LogP contribution in [0.4, 0.5) is 21.8 Å². The van der Waals surface area contributed by atoms with E-state index in [0.717, 1.165) is 36.5 Å². The van der Waals surface area contributed by atoms with E-state index in [4.69, 9.17) is 4.98 Å². The zero-order valence-electron chi connectivity index (χ0n) is 17.6. The number of carbonyl (C=O) groups is 1. The van der Waals surface area contributed by atoms with Gasteiger partial charge in [0.05, 0.1) is 18.3 Å². The van der Waals surface area contributed by atoms with Gasteiger partial charge in [0.15, 0.2) is 0 Å². The number of benzene rings is 1. The van der Waals surface area contributed by atoms with Crippen molar-refractivity contribution in [3.05, 3.63) is 71.4 Å². The maximum Gasteiger partial charge on any atom is 0.238 e. The van der Waals surface area contributed by atoms with Gasteiger partial charge in [-0.2, -0.15) is 0 Å². The van der Waals surface area contributed by atoms with Crippen LogP contribution < -0.4 is 10.6 Å². The molecule has 0 aliphatic carbocycles. The first kappa shape index (κ1) is 20.9. The molecule has 8 heteroatoms. The molecular formula is C23H25FN6O. The van der Waals surface area contributed by atoms with Crippen molar-refractivity contribution < 1.29 is 9.18 Å². The molecule has 31 heavy (non-hydrogen) atoms. The smallest absolute Gasteiger partial charge is 0.238 e. The summed E-state index contributed by atoms with van der Waals surface area (Å²) < 4.78 is 13.1. The van der Waals surface area contributed by atoms with Crippen LogP contribution in [0.15, 0.2) is 48.5 Å². The number of hydrogen-bond acceptors (Lipinski definition) is 6. The number of aromatic nitrogens is 3. The molecular weight excluding hydrogens is 395 g/mol. The molecule has 1 aliphatic rings. The van der Waals surface area contributed by atoms with Crippen LogP contribution in [0.5, 0.6) is 0 Å². The van der Waals surface area contributed by atoms with Crippen LogP contribution in [-0.4, -0.2) is 38.8 Å². The third-order valence-corrected chi connectivity index (χ3v) is 5.17. The molecule has 2 aromatic heterocycles. The average molecular weight is 420 g/mol. The van der Waals surface area contributed by atoms with Gasteiger partial charge in [-0.25, -0.2) is 19.3 Å². The summed E-state index contributed by atoms with van der Waals surface area (Å²) in [6, 6.07) is 13.6. The number of rotatable bonds is 6. The topological polar surface area (TPSA) is 83.0 Å². The van der Waals surface area contributed by atoms with E-state index in [2.05, 4.69) is 25.5 Å². The standard InChI is InChI=1S/C23H25FN6O/c1-15-13-16(2)26-23(25-15)29-21-7-3-5-19(28-21)20-6-4-12-30(20)14-22(31)27-18-10-8-17(24)9-11-18/h3,5,7-11,13,20H,4,6,12,14H2,1-2H3,(H,27,31)(H,25,26,28,29)/t20-/m0/s1. The zero-order valence-corrected chi connectivity index (χ0v) is 17.6. The van der Waals surface area contributed by atoms with E-state index >= 15 is 0 Å². The number of pyridine rings is 1. The molecule has 1 amide bonds. The number of anilines is 3. The zero-order chi connectivity index (χ0) is 21.8. The number of aryl methyl sites for hydroxylation is 2. The van der Waals surface area contributed by atoms with E-state index in [1.165, 1.54) is 12.1 Å². The molecule has 7 nitrogen and oxygen atoms in total. The highest BCUT2D eigenvalue weighted by atomic mass is 19.1. The van der Waals surface area contributed by atoms with Gasteiger partial charge in [0, 0.05) is 17.1 Å². The molecule has 1 aromatic carbocycles. The molecule has 3 aromatic rings. The summed E-state index contributed by atoms with van der Waals surface area (Å²) in [4.78, 5) is 28.2. The molecule has 1 aliphatic heterocycles. The van der Waals surface area contributed by atoms with Gasteiger partial charge in [0.1, 0.15) is 11.6 Å². The first-order valence-electron chi connectivity index (χ1n) is 10.3. The molecule has 160 valence electrons. The summed E-state index contributed by atoms with van der Waals surface area (Å²) >= 11 is 0. The maximum absolute atomic E-state index is 13.1. The van der Waals surface area contributed by atoms with E-state index in [1.807, 2.05) is 38.1 Å². The Hall–Kier alpha value is -3.39. The average Bonchev–Trinajstić information content (AvgIpc) is 3.17. The van der Waals surface area contributed by atoms with Crippen molar-refractivity contribution in [3.63, 3.8) is 0 Å². The summed E-state index contributed by atoms with van der Waals surface area (Å²) in [7, 11) is 0. The van der Waals surface area contributed by atoms with Crippen molar-refractivity contribution in [3.8, 4) is 0 Å². The Morgan fingerprint density at radius 2 is 1.84 bits per heavy atom. The van der Waals surface area contributed by atoms with Crippen molar-refractivity contribution in [2.45, 2.75) is 32.7 Å². The highest BCUT2D eigenvalue weighted by molar-refractivity contribution is 5.92.